The van der Waals surface area contributed by atoms with Crippen LogP contribution in [0, 0.1) is 10.1 Å². The Morgan fingerprint density at radius 3 is 2.43 bits per heavy atom. The predicted octanol–water partition coefficient (Wildman–Crippen LogP) is 1.62. The van der Waals surface area contributed by atoms with Gasteiger partial charge in [-0.3, -0.25) is 10.1 Å². The van der Waals surface area contributed by atoms with Crippen LogP contribution in [0.15, 0.2) is 53.7 Å². The highest BCUT2D eigenvalue weighted by atomic mass is 32.2. The molecule has 2 aromatic rings. The first-order valence-electron chi connectivity index (χ1n) is 6.45. The lowest BCUT2D eigenvalue weighted by atomic mass is 10.2. The van der Waals surface area contributed by atoms with Crippen LogP contribution in [0.4, 0.5) is 5.69 Å². The average Bonchev–Trinajstić information content (AvgIpc) is 2.55. The molecule has 0 N–H and O–H groups in total. The van der Waals surface area contributed by atoms with Gasteiger partial charge in [-0.05, 0) is 18.2 Å². The predicted molar refractivity (Wildman–Crippen MR) is 79.7 cm³/mol. The van der Waals surface area contributed by atoms with Crippen molar-refractivity contribution in [2.45, 2.75) is 5.03 Å². The Labute approximate surface area is 131 Å². The van der Waals surface area contributed by atoms with Crippen molar-refractivity contribution >= 4 is 21.5 Å². The zero-order valence-corrected chi connectivity index (χ0v) is 12.6. The zero-order valence-electron chi connectivity index (χ0n) is 11.8. The summed E-state index contributed by atoms with van der Waals surface area (Å²) in [7, 11) is -3.79. The lowest BCUT2D eigenvalue weighted by Crippen LogP contribution is -2.16. The van der Waals surface area contributed by atoms with Crippen LogP contribution < -0.4 is 0 Å². The molecule has 0 aliphatic heterocycles. The molecular formula is C14H12N2O6S. The molecule has 0 atom stereocenters. The molecule has 1 aromatic heterocycles. The first-order chi connectivity index (χ1) is 10.9. The van der Waals surface area contributed by atoms with E-state index in [1.807, 2.05) is 0 Å². The summed E-state index contributed by atoms with van der Waals surface area (Å²) >= 11 is 0. The summed E-state index contributed by atoms with van der Waals surface area (Å²) in [6, 6.07) is 10.3. The monoisotopic (exact) mass is 336 g/mol. The van der Waals surface area contributed by atoms with E-state index in [-0.39, 0.29) is 17.3 Å². The van der Waals surface area contributed by atoms with Gasteiger partial charge in [0, 0.05) is 6.07 Å². The first-order valence-corrected chi connectivity index (χ1v) is 8.11. The molecular weight excluding hydrogens is 324 g/mol. The maximum atomic E-state index is 12.0. The average molecular weight is 336 g/mol. The van der Waals surface area contributed by atoms with Crippen molar-refractivity contribution in [3.63, 3.8) is 0 Å². The molecule has 0 saturated carbocycles. The molecule has 1 heterocycles. The first kappa shape index (κ1) is 16.6. The molecule has 0 spiro atoms. The third-order valence-electron chi connectivity index (χ3n) is 2.84. The van der Waals surface area contributed by atoms with Gasteiger partial charge in [0.15, 0.2) is 14.9 Å². The third-order valence-corrected chi connectivity index (χ3v) is 4.43. The number of pyridine rings is 1. The smallest absolute Gasteiger partial charge is 0.338 e. The van der Waals surface area contributed by atoms with E-state index in [9.17, 15) is 23.3 Å². The Kier molecular flexibility index (Phi) is 5.02. The largest absolute Gasteiger partial charge is 0.461 e. The Morgan fingerprint density at radius 2 is 1.87 bits per heavy atom. The molecule has 120 valence electrons. The summed E-state index contributed by atoms with van der Waals surface area (Å²) in [6.45, 7) is -0.339. The Morgan fingerprint density at radius 1 is 1.17 bits per heavy atom. The Balaban J connectivity index is 1.96. The summed E-state index contributed by atoms with van der Waals surface area (Å²) in [5.41, 5.74) is 0.0119. The normalized spacial score (nSPS) is 11.0. The molecule has 0 unspecified atom stereocenters. The molecule has 0 radical (unpaired) electrons. The van der Waals surface area contributed by atoms with E-state index in [1.165, 1.54) is 0 Å². The third kappa shape index (κ3) is 4.33. The molecule has 0 amide bonds. The van der Waals surface area contributed by atoms with Crippen molar-refractivity contribution < 1.29 is 22.9 Å². The maximum Gasteiger partial charge on any atom is 0.338 e. The van der Waals surface area contributed by atoms with Crippen LogP contribution in [0.25, 0.3) is 0 Å². The molecule has 0 bridgehead atoms. The number of sulfone groups is 1. The summed E-state index contributed by atoms with van der Waals surface area (Å²) < 4.78 is 28.9. The number of ether oxygens (including phenoxy) is 1. The second-order valence-electron chi connectivity index (χ2n) is 4.43. The summed E-state index contributed by atoms with van der Waals surface area (Å²) in [5.74, 6) is -1.09. The summed E-state index contributed by atoms with van der Waals surface area (Å²) in [4.78, 5) is 25.1. The van der Waals surface area contributed by atoms with Gasteiger partial charge in [-0.2, -0.15) is 0 Å². The van der Waals surface area contributed by atoms with Crippen molar-refractivity contribution in [1.29, 1.82) is 0 Å². The van der Waals surface area contributed by atoms with Crippen LogP contribution in [0.2, 0.25) is 0 Å². The number of aromatic nitrogens is 1. The SMILES string of the molecule is O=C(OCCS(=O)(=O)c1ccc([N+](=O)[O-])cn1)c1ccccc1. The van der Waals surface area contributed by atoms with Crippen LogP contribution in [-0.2, 0) is 14.6 Å². The van der Waals surface area contributed by atoms with Crippen LogP contribution in [-0.4, -0.2) is 36.7 Å². The minimum atomic E-state index is -3.79. The molecule has 0 aliphatic carbocycles. The van der Waals surface area contributed by atoms with Gasteiger partial charge in [0.1, 0.15) is 12.8 Å². The van der Waals surface area contributed by atoms with Gasteiger partial charge >= 0.3 is 5.97 Å². The van der Waals surface area contributed by atoms with Gasteiger partial charge in [-0.15, -0.1) is 0 Å². The fourth-order valence-corrected chi connectivity index (χ4v) is 2.67. The second kappa shape index (κ2) is 6.97. The van der Waals surface area contributed by atoms with Crippen LogP contribution in [0.3, 0.4) is 0 Å². The van der Waals surface area contributed by atoms with Crippen LogP contribution >= 0.6 is 0 Å². The molecule has 0 saturated heterocycles. The number of nitro groups is 1. The minimum absolute atomic E-state index is 0.306. The van der Waals surface area contributed by atoms with Gasteiger partial charge in [0.25, 0.3) is 5.69 Å². The van der Waals surface area contributed by atoms with E-state index < -0.39 is 26.5 Å². The van der Waals surface area contributed by atoms with Gasteiger partial charge in [-0.25, -0.2) is 18.2 Å². The van der Waals surface area contributed by atoms with Gasteiger partial charge < -0.3 is 4.74 Å². The van der Waals surface area contributed by atoms with Crippen molar-refractivity contribution in [3.8, 4) is 0 Å². The van der Waals surface area contributed by atoms with Crippen LogP contribution in [0.1, 0.15) is 10.4 Å². The fraction of sp³-hybridized carbons (Fsp3) is 0.143. The van der Waals surface area contributed by atoms with Crippen molar-refractivity contribution in [2.24, 2.45) is 0 Å². The van der Waals surface area contributed by atoms with Gasteiger partial charge in [0.2, 0.25) is 0 Å². The maximum absolute atomic E-state index is 12.0. The van der Waals surface area contributed by atoms with Gasteiger partial charge in [0.05, 0.1) is 16.2 Å². The standard InChI is InChI=1S/C14H12N2O6S/c17-14(11-4-2-1-3-5-11)22-8-9-23(20,21)13-7-6-12(10-15-13)16(18)19/h1-7,10H,8-9H2. The summed E-state index contributed by atoms with van der Waals surface area (Å²) in [6.07, 6.45) is 0.864. The zero-order chi connectivity index (χ0) is 16.9. The highest BCUT2D eigenvalue weighted by Gasteiger charge is 2.19. The van der Waals surface area contributed by atoms with Crippen LogP contribution in [0.5, 0.6) is 0 Å². The fourth-order valence-electron chi connectivity index (χ4n) is 1.67. The highest BCUT2D eigenvalue weighted by molar-refractivity contribution is 7.91. The highest BCUT2D eigenvalue weighted by Crippen LogP contribution is 2.13. The number of rotatable bonds is 6. The molecule has 2 rings (SSSR count). The molecule has 1 aromatic carbocycles. The van der Waals surface area contributed by atoms with E-state index in [4.69, 9.17) is 4.74 Å². The number of hydrogen-bond donors (Lipinski definition) is 0. The number of hydrogen-bond acceptors (Lipinski definition) is 7. The molecule has 9 heteroatoms. The quantitative estimate of drug-likeness (QED) is 0.447. The lowest BCUT2D eigenvalue weighted by molar-refractivity contribution is -0.385. The Hall–Kier alpha value is -2.81. The van der Waals surface area contributed by atoms with E-state index in [0.717, 1.165) is 18.3 Å². The minimum Gasteiger partial charge on any atom is -0.461 e. The topological polar surface area (TPSA) is 116 Å². The van der Waals surface area contributed by atoms with Crippen molar-refractivity contribution in [1.82, 2.24) is 4.98 Å². The van der Waals surface area contributed by atoms with Crippen molar-refractivity contribution in [2.75, 3.05) is 12.4 Å². The second-order valence-corrected chi connectivity index (χ2v) is 6.49. The van der Waals surface area contributed by atoms with Gasteiger partial charge in [-0.1, -0.05) is 18.2 Å². The molecule has 0 aliphatic rings. The van der Waals surface area contributed by atoms with E-state index in [0.29, 0.717) is 5.56 Å². The number of esters is 1. The summed E-state index contributed by atoms with van der Waals surface area (Å²) in [5, 5.41) is 10.2. The number of carbonyl (C=O) groups excluding carboxylic acids is 1. The lowest BCUT2D eigenvalue weighted by Gasteiger charge is -2.05. The number of carbonyl (C=O) groups is 1. The van der Waals surface area contributed by atoms with E-state index >= 15 is 0 Å². The Bertz CT molecular complexity index is 803. The molecule has 0 fully saturated rings. The number of nitrogens with zero attached hydrogens (tertiary/aromatic N) is 2. The van der Waals surface area contributed by atoms with Crippen molar-refractivity contribution in [3.05, 3.63) is 64.3 Å². The number of benzene rings is 1. The van der Waals surface area contributed by atoms with E-state index in [1.54, 1.807) is 30.3 Å². The molecule has 23 heavy (non-hydrogen) atoms. The van der Waals surface area contributed by atoms with E-state index in [2.05, 4.69) is 4.98 Å². The molecule has 8 nitrogen and oxygen atoms in total.